The number of aliphatic hydroxyl groups excluding tert-OH is 2. The summed E-state index contributed by atoms with van der Waals surface area (Å²) < 4.78 is 0. The van der Waals surface area contributed by atoms with Crippen molar-refractivity contribution in [2.45, 2.75) is 110 Å². The van der Waals surface area contributed by atoms with Gasteiger partial charge in [0.15, 0.2) is 11.6 Å². The summed E-state index contributed by atoms with van der Waals surface area (Å²) >= 11 is 0. The number of para-hydroxylation sites is 1. The summed E-state index contributed by atoms with van der Waals surface area (Å²) in [4.78, 5) is 65.9. The van der Waals surface area contributed by atoms with Gasteiger partial charge in [-0.25, -0.2) is 19.6 Å². The second kappa shape index (κ2) is 48.7. The molecule has 0 atom stereocenters. The zero-order valence-electron chi connectivity index (χ0n) is 66.3. The fraction of sp³-hybridized carbons (Fsp3) is 0.188. The Balaban J connectivity index is 0.000000347. The molecule has 0 spiro atoms. The number of ketones is 2. The second-order valence-electron chi connectivity index (χ2n) is 28.6. The summed E-state index contributed by atoms with van der Waals surface area (Å²) in [6.07, 6.45) is 13.0. The van der Waals surface area contributed by atoms with E-state index in [2.05, 4.69) is 246 Å². The summed E-state index contributed by atoms with van der Waals surface area (Å²) in [5.41, 5.74) is 17.6. The van der Waals surface area contributed by atoms with Crippen LogP contribution in [0.25, 0.3) is 88.2 Å². The number of allylic oxidation sites excluding steroid dienone is 4. The van der Waals surface area contributed by atoms with Crippen molar-refractivity contribution in [2.24, 2.45) is 10.8 Å². The van der Waals surface area contributed by atoms with E-state index in [0.717, 1.165) is 74.5 Å². The molecule has 14 rings (SSSR count). The Hall–Kier alpha value is -10.3. The fourth-order valence-electron chi connectivity index (χ4n) is 11.6. The number of carbonyl (C=O) groups excluding carboxylic acids is 2. The summed E-state index contributed by atoms with van der Waals surface area (Å²) in [5.74, 6) is -2.11. The SMILES string of the molecule is CC(=O)C=C(C)O.CC(=O)C=C(C)O.CC(C)(C)Cc1ccc2ccnc(-c3[c-]cccc3)c2c1.CC(C)(C)Cc1ccc2ccnc(-c3[c-]cccc3)c2c1.Cc1[c-]c(-c2ccc3ccccc3n2)cc(C)c1.Cc1[c-]c(-c2nccc3ccccc23)cc(C)c1.O=C(O)c1ccccn1.O=C(O)c1ccccn1.[Ir].[Ir].[Ir].[Ir]. The molecule has 0 aliphatic rings. The number of nitrogens with zero attached hydrogens (tertiary/aromatic N) is 6. The molecule has 0 fully saturated rings. The van der Waals surface area contributed by atoms with Crippen molar-refractivity contribution in [2.75, 3.05) is 0 Å². The molecular formula is C96H94Ir4N6O8-4. The van der Waals surface area contributed by atoms with Gasteiger partial charge in [0.05, 0.1) is 17.0 Å². The number of pyridine rings is 6. The van der Waals surface area contributed by atoms with E-state index in [-0.39, 0.29) is 126 Å². The topological polar surface area (TPSA) is 227 Å². The first-order valence-corrected chi connectivity index (χ1v) is 35.8. The number of carboxylic acids is 2. The average Bonchev–Trinajstić information content (AvgIpc) is 0.860. The third-order valence-corrected chi connectivity index (χ3v) is 15.7. The maximum Gasteiger partial charge on any atom is 0.354 e. The first-order valence-electron chi connectivity index (χ1n) is 35.8. The normalized spacial score (nSPS) is 10.5. The standard InChI is InChI=1S/2C20H20N.2C17H14N.2C6H5NO2.2C5H8O2.4Ir/c2*1-20(2,3)14-15-9-10-16-11-12-21-19(18(16)13-15)17-7-5-4-6-8-17;1-12-9-13(2)11-15(10-12)17-16-6-4-3-5-14(16)7-8-18-17;1-12-9-13(2)11-15(10-12)17-8-7-14-5-3-4-6-16(14)18-17;2*8-6(9)5-3-1-2-4-7-5;2*1-4(6)3-5(2)7;;;;/h2*4-7,9-13H,14H2,1-3H3;2*3-10H,1-2H3;2*1-4H,(H,8,9);2*3,6H,1-2H3;;;;/q4*-1;;;;;;;;. The maximum absolute atomic E-state index is 10.1. The minimum Gasteiger partial charge on any atom is -0.512 e. The molecule has 14 nitrogen and oxygen atoms in total. The Bertz CT molecular complexity index is 5190. The third kappa shape index (κ3) is 33.8. The maximum atomic E-state index is 10.1. The summed E-state index contributed by atoms with van der Waals surface area (Å²) in [7, 11) is 0. The van der Waals surface area contributed by atoms with Gasteiger partial charge in [-0.05, 0) is 172 Å². The van der Waals surface area contributed by atoms with Crippen LogP contribution in [0.1, 0.15) is 124 Å². The predicted octanol–water partition coefficient (Wildman–Crippen LogP) is 22.8. The molecule has 0 saturated heterocycles. The predicted molar refractivity (Wildman–Crippen MR) is 446 cm³/mol. The molecule has 8 aromatic carbocycles. The Morgan fingerprint density at radius 1 is 0.368 bits per heavy atom. The van der Waals surface area contributed by atoms with E-state index >= 15 is 0 Å². The number of aliphatic hydroxyl groups is 2. The van der Waals surface area contributed by atoms with Gasteiger partial charge in [-0.15, -0.1) is 142 Å². The number of aromatic nitrogens is 6. The van der Waals surface area contributed by atoms with Crippen molar-refractivity contribution in [3.63, 3.8) is 0 Å². The van der Waals surface area contributed by atoms with Gasteiger partial charge in [0.2, 0.25) is 0 Å². The largest absolute Gasteiger partial charge is 0.512 e. The monoisotopic (exact) mass is 2230 g/mol. The Labute approximate surface area is 724 Å². The van der Waals surface area contributed by atoms with Crippen molar-refractivity contribution in [1.29, 1.82) is 0 Å². The van der Waals surface area contributed by atoms with Crippen LogP contribution in [0.15, 0.2) is 279 Å². The van der Waals surface area contributed by atoms with E-state index in [1.165, 1.54) is 124 Å². The first-order chi connectivity index (χ1) is 52.4. The van der Waals surface area contributed by atoms with Crippen molar-refractivity contribution in [3.8, 4) is 45.0 Å². The van der Waals surface area contributed by atoms with Crippen LogP contribution in [0.5, 0.6) is 0 Å². The number of aromatic carboxylic acids is 2. The molecule has 0 amide bonds. The van der Waals surface area contributed by atoms with Crippen LogP contribution in [-0.4, -0.2) is 73.8 Å². The van der Waals surface area contributed by atoms with E-state index in [0.29, 0.717) is 0 Å². The van der Waals surface area contributed by atoms with Crippen LogP contribution in [0.2, 0.25) is 0 Å². The number of carboxylic acid groups (broad SMARTS) is 2. The zero-order valence-corrected chi connectivity index (χ0v) is 75.8. The van der Waals surface area contributed by atoms with E-state index < -0.39 is 11.9 Å². The van der Waals surface area contributed by atoms with Crippen LogP contribution in [-0.2, 0) is 103 Å². The fourth-order valence-corrected chi connectivity index (χ4v) is 11.6. The Morgan fingerprint density at radius 3 is 1.11 bits per heavy atom. The molecule has 18 heteroatoms. The van der Waals surface area contributed by atoms with Crippen LogP contribution < -0.4 is 0 Å². The second-order valence-corrected chi connectivity index (χ2v) is 28.6. The molecule has 0 bridgehead atoms. The number of hydrogen-bond acceptors (Lipinski definition) is 12. The molecule has 6 aromatic heterocycles. The van der Waals surface area contributed by atoms with Gasteiger partial charge in [-0.3, -0.25) is 14.6 Å². The van der Waals surface area contributed by atoms with Crippen LogP contribution in [0, 0.1) is 62.8 Å². The summed E-state index contributed by atoms with van der Waals surface area (Å²) in [6.45, 7) is 27.7. The van der Waals surface area contributed by atoms with E-state index in [1.54, 1.807) is 24.3 Å². The van der Waals surface area contributed by atoms with Gasteiger partial charge in [0.1, 0.15) is 11.4 Å². The number of rotatable bonds is 10. The average molecular weight is 2230 g/mol. The van der Waals surface area contributed by atoms with Gasteiger partial charge in [0, 0.05) is 124 Å². The van der Waals surface area contributed by atoms with Gasteiger partial charge < -0.3 is 35.4 Å². The number of hydrogen-bond donors (Lipinski definition) is 4. The van der Waals surface area contributed by atoms with Crippen molar-refractivity contribution in [3.05, 3.63) is 348 Å². The Kier molecular flexibility index (Phi) is 41.8. The smallest absolute Gasteiger partial charge is 0.354 e. The summed E-state index contributed by atoms with van der Waals surface area (Å²) in [5, 5.41) is 41.8. The van der Waals surface area contributed by atoms with E-state index in [4.69, 9.17) is 25.4 Å². The molecule has 0 unspecified atom stereocenters. The Morgan fingerprint density at radius 2 is 0.746 bits per heavy atom. The van der Waals surface area contributed by atoms with Crippen LogP contribution in [0.3, 0.4) is 0 Å². The van der Waals surface area contributed by atoms with Gasteiger partial charge >= 0.3 is 11.9 Å². The molecule has 0 saturated carbocycles. The number of carbonyl (C=O) groups is 4. The minimum atomic E-state index is -0.990. The summed E-state index contributed by atoms with van der Waals surface area (Å²) in [6, 6.07) is 87.7. The van der Waals surface area contributed by atoms with E-state index in [1.807, 2.05) is 79.3 Å². The number of aryl methyl sites for hydroxylation is 4. The molecular weight excluding hydrogens is 2130 g/mol. The molecule has 596 valence electrons. The minimum absolute atomic E-state index is 0. The van der Waals surface area contributed by atoms with Gasteiger partial charge in [-0.2, -0.15) is 0 Å². The quantitative estimate of drug-likeness (QED) is 0.0568. The molecule has 6 heterocycles. The number of benzene rings is 8. The van der Waals surface area contributed by atoms with Gasteiger partial charge in [0.25, 0.3) is 0 Å². The van der Waals surface area contributed by atoms with Crippen LogP contribution >= 0.6 is 0 Å². The first kappa shape index (κ1) is 97.9. The van der Waals surface area contributed by atoms with Crippen molar-refractivity contribution < 1.29 is 120 Å². The third-order valence-electron chi connectivity index (χ3n) is 15.7. The van der Waals surface area contributed by atoms with E-state index in [9.17, 15) is 19.2 Å². The molecule has 114 heavy (non-hydrogen) atoms. The molecule has 4 N–H and O–H groups in total. The molecule has 0 aliphatic carbocycles. The molecule has 14 aromatic rings. The zero-order chi connectivity index (χ0) is 79.9. The van der Waals surface area contributed by atoms with Crippen molar-refractivity contribution in [1.82, 2.24) is 29.9 Å². The van der Waals surface area contributed by atoms with Crippen LogP contribution in [0.4, 0.5) is 0 Å². The van der Waals surface area contributed by atoms with Crippen molar-refractivity contribution >= 4 is 66.7 Å². The number of fused-ring (bicyclic) bond motifs is 4. The molecule has 0 aliphatic heterocycles. The molecule has 4 radical (unpaired) electrons. The van der Waals surface area contributed by atoms with Gasteiger partial charge in [-0.1, -0.05) is 172 Å².